The van der Waals surface area contributed by atoms with Crippen molar-refractivity contribution in [3.63, 3.8) is 0 Å². The molecule has 0 saturated heterocycles. The van der Waals surface area contributed by atoms with E-state index in [0.717, 1.165) is 31.7 Å². The molecule has 0 atom stereocenters. The predicted octanol–water partition coefficient (Wildman–Crippen LogP) is -1.64. The quantitative estimate of drug-likeness (QED) is 0.217. The van der Waals surface area contributed by atoms with E-state index in [1.165, 1.54) is 7.05 Å². The summed E-state index contributed by atoms with van der Waals surface area (Å²) in [7, 11) is 1.22. The van der Waals surface area contributed by atoms with E-state index in [1.807, 2.05) is 0 Å². The number of fused-ring (bicyclic) bond motifs is 3. The molecule has 6 rings (SSSR count). The summed E-state index contributed by atoms with van der Waals surface area (Å²) in [6.07, 6.45) is -0.934. The molecule has 0 aromatic carbocycles. The molecular formula is C27H36N12O6. The number of nitrogens with zero attached hydrogens (tertiary/aromatic N) is 12. The highest BCUT2D eigenvalue weighted by Gasteiger charge is 2.15. The number of aryl methyl sites for hydroxylation is 6. The molecule has 0 aliphatic carbocycles. The Hall–Kier alpha value is -5.55. The average Bonchev–Trinajstić information content (AvgIpc) is 3.78. The topological polar surface area (TPSA) is 185 Å². The first-order valence-electron chi connectivity index (χ1n) is 23.4. The summed E-state index contributed by atoms with van der Waals surface area (Å²) in [5.41, 5.74) is -11.5. The maximum Gasteiger partial charge on any atom is 0.332 e. The smallest absolute Gasteiger partial charge is 0.328 e. The van der Waals surface area contributed by atoms with Gasteiger partial charge in [0.05, 0.1) is 18.9 Å². The SMILES string of the molecule is [2H]C([2H])([2H])n1cnc2c1c(=O)n(C([2H])([2H])C)c(=O)n2C([2H])([2H])[2H].[2H]c1nc2c(c(=O)n(C([2H])([2H])C)c(=O)n2C([2H])([2H])[2H])n1C([2H])([2H])[2H].[2H]c1nc2c(c(=O)n(C([2H])([2H])C)c(=O)n2C)n1C([2H])([2H])[2H]. The van der Waals surface area contributed by atoms with Crippen molar-refractivity contribution in [3.05, 3.63) is 81.4 Å². The van der Waals surface area contributed by atoms with Gasteiger partial charge in [0.2, 0.25) is 0 Å². The number of imidazole rings is 3. The van der Waals surface area contributed by atoms with Crippen molar-refractivity contribution in [2.75, 3.05) is 0 Å². The summed E-state index contributed by atoms with van der Waals surface area (Å²) in [5, 5.41) is 0. The van der Waals surface area contributed by atoms with Crippen molar-refractivity contribution < 1.29 is 31.5 Å². The molecule has 0 N–H and O–H groups in total. The largest absolute Gasteiger partial charge is 0.332 e. The molecule has 6 aromatic heterocycles. The van der Waals surface area contributed by atoms with Crippen LogP contribution in [0.15, 0.2) is 47.7 Å². The van der Waals surface area contributed by atoms with Crippen molar-refractivity contribution >= 4 is 33.5 Å². The lowest BCUT2D eigenvalue weighted by Crippen LogP contribution is -2.39. The van der Waals surface area contributed by atoms with Crippen LogP contribution in [0.2, 0.25) is 0 Å². The Kier molecular flexibility index (Phi) is 3.70. The molecule has 18 heteroatoms. The highest BCUT2D eigenvalue weighted by molar-refractivity contribution is 5.71. The number of hydrogen-bond donors (Lipinski definition) is 0. The zero-order valence-corrected chi connectivity index (χ0v) is 23.4. The molecule has 0 amide bonds. The van der Waals surface area contributed by atoms with Crippen LogP contribution in [0.1, 0.15) is 52.3 Å². The highest BCUT2D eigenvalue weighted by atomic mass is 16.2. The molecule has 0 spiro atoms. The Bertz CT molecular complexity index is 3340. The van der Waals surface area contributed by atoms with E-state index in [1.54, 1.807) is 0 Å². The molecule has 0 fully saturated rings. The molecule has 0 saturated carbocycles. The summed E-state index contributed by atoms with van der Waals surface area (Å²) in [4.78, 5) is 84.6. The second-order valence-electron chi connectivity index (χ2n) is 8.40. The molecule has 0 bridgehead atoms. The lowest BCUT2D eigenvalue weighted by Gasteiger charge is -2.05. The zero-order valence-electron chi connectivity index (χ0n) is 46.4. The number of rotatable bonds is 3. The second kappa shape index (κ2) is 12.2. The van der Waals surface area contributed by atoms with Crippen LogP contribution in [0.5, 0.6) is 0 Å². The minimum atomic E-state index is -3.17. The first-order valence-corrected chi connectivity index (χ1v) is 11.9. The van der Waals surface area contributed by atoms with E-state index >= 15 is 0 Å². The van der Waals surface area contributed by atoms with Gasteiger partial charge in [-0.1, -0.05) is 0 Å². The third kappa shape index (κ3) is 5.17. The van der Waals surface area contributed by atoms with Gasteiger partial charge in [0.15, 0.2) is 33.5 Å². The van der Waals surface area contributed by atoms with Gasteiger partial charge in [-0.15, -0.1) is 0 Å². The average molecular weight is 648 g/mol. The van der Waals surface area contributed by atoms with E-state index in [4.69, 9.17) is 31.5 Å². The molecule has 6 aromatic rings. The van der Waals surface area contributed by atoms with E-state index in [9.17, 15) is 28.8 Å². The van der Waals surface area contributed by atoms with Crippen LogP contribution >= 0.6 is 0 Å². The monoisotopic (exact) mass is 647 g/mol. The molecule has 45 heavy (non-hydrogen) atoms. The van der Waals surface area contributed by atoms with Gasteiger partial charge >= 0.3 is 17.1 Å². The summed E-state index contributed by atoms with van der Waals surface area (Å²) >= 11 is 0. The Morgan fingerprint density at radius 1 is 0.578 bits per heavy atom. The van der Waals surface area contributed by atoms with Crippen LogP contribution < -0.4 is 33.7 Å². The first kappa shape index (κ1) is 13.6. The van der Waals surface area contributed by atoms with Crippen molar-refractivity contribution in [1.29, 1.82) is 0 Å². The Morgan fingerprint density at radius 3 is 1.31 bits per heavy atom. The van der Waals surface area contributed by atoms with Gasteiger partial charge in [-0.05, 0) is 20.8 Å². The number of aromatic nitrogens is 12. The normalized spacial score (nSPS) is 21.0. The Morgan fingerprint density at radius 2 is 0.933 bits per heavy atom. The molecule has 18 nitrogen and oxygen atoms in total. The molecule has 0 aliphatic rings. The van der Waals surface area contributed by atoms with Crippen LogP contribution in [0.4, 0.5) is 0 Å². The van der Waals surface area contributed by atoms with Crippen LogP contribution in [0.3, 0.4) is 0 Å². The van der Waals surface area contributed by atoms with Gasteiger partial charge in [0.25, 0.3) is 16.7 Å². The minimum Gasteiger partial charge on any atom is -0.328 e. The first-order chi connectivity index (χ1) is 30.1. The van der Waals surface area contributed by atoms with Crippen molar-refractivity contribution in [1.82, 2.24) is 56.1 Å². The fraction of sp³-hybridized carbons (Fsp3) is 0.444. The van der Waals surface area contributed by atoms with E-state index in [2.05, 4.69) is 15.0 Å². The highest BCUT2D eigenvalue weighted by Crippen LogP contribution is 2.04. The maximum atomic E-state index is 12.5. The van der Waals surface area contributed by atoms with Crippen molar-refractivity contribution in [3.8, 4) is 0 Å². The van der Waals surface area contributed by atoms with Gasteiger partial charge in [0.1, 0.15) is 2.74 Å². The standard InChI is InChI=1S/3C9H12N4O2/c3*1-4-13-8(14)6-7(10-5-11(6)2)12(3)9(13)15/h3*5H,4H2,1-3H3/i2D3,3D3,4D2,5D;2D3,4D2,5D;2D3,3D3,4D2. The summed E-state index contributed by atoms with van der Waals surface area (Å²) in [5.74, 6) is 0. The molecule has 0 aliphatic heterocycles. The van der Waals surface area contributed by atoms with Crippen LogP contribution in [0.25, 0.3) is 33.5 Å². The minimum absolute atomic E-state index is 0.00887. The Balaban J connectivity index is 0.000000223. The van der Waals surface area contributed by atoms with E-state index in [-0.39, 0.29) is 28.5 Å². The lowest BCUT2D eigenvalue weighted by atomic mass is 10.5. The van der Waals surface area contributed by atoms with Gasteiger partial charge in [0, 0.05) is 90.2 Å². The summed E-state index contributed by atoms with van der Waals surface area (Å²) in [6, 6.07) is 0. The lowest BCUT2D eigenvalue weighted by molar-refractivity contribution is 0.635. The van der Waals surface area contributed by atoms with Crippen molar-refractivity contribution in [2.24, 2.45) is 41.9 Å². The summed E-state index contributed by atoms with van der Waals surface area (Å²) < 4.78 is 174. The third-order valence-electron chi connectivity index (χ3n) is 6.00. The van der Waals surface area contributed by atoms with Gasteiger partial charge in [-0.3, -0.25) is 41.8 Å². The van der Waals surface area contributed by atoms with Gasteiger partial charge < -0.3 is 13.7 Å². The van der Waals surface area contributed by atoms with Crippen LogP contribution in [-0.2, 0) is 61.4 Å². The van der Waals surface area contributed by atoms with Crippen molar-refractivity contribution in [2.45, 2.75) is 40.3 Å². The molecule has 240 valence electrons. The fourth-order valence-electron chi connectivity index (χ4n) is 3.87. The molecule has 6 heterocycles. The van der Waals surface area contributed by atoms with E-state index in [0.29, 0.717) is 13.7 Å². The molecule has 0 unspecified atom stereocenters. The number of hydrogen-bond acceptors (Lipinski definition) is 9. The molecule has 0 radical (unpaired) electrons. The molecular weight excluding hydrogens is 588 g/mol. The van der Waals surface area contributed by atoms with E-state index < -0.39 is 129 Å². The summed E-state index contributed by atoms with van der Waals surface area (Å²) in [6.45, 7) is -19.8. The maximum absolute atomic E-state index is 12.5. The van der Waals surface area contributed by atoms with Crippen LogP contribution in [0, 0.1) is 0 Å². The Labute approximate surface area is 286 Å². The third-order valence-corrected chi connectivity index (χ3v) is 6.00. The fourth-order valence-corrected chi connectivity index (χ4v) is 3.87. The van der Waals surface area contributed by atoms with Crippen LogP contribution in [-0.4, -0.2) is 56.1 Å². The second-order valence-corrected chi connectivity index (χ2v) is 8.40. The van der Waals surface area contributed by atoms with Gasteiger partial charge in [-0.2, -0.15) is 0 Å². The predicted molar refractivity (Wildman–Crippen MR) is 168 cm³/mol. The van der Waals surface area contributed by atoms with Gasteiger partial charge in [-0.25, -0.2) is 29.3 Å². The zero-order chi connectivity index (χ0) is 53.1.